The van der Waals surface area contributed by atoms with Crippen LogP contribution in [0.15, 0.2) is 51.6 Å². The van der Waals surface area contributed by atoms with E-state index in [-0.39, 0.29) is 98.9 Å². The number of nitrogens with one attached hydrogen (secondary N) is 2. The molecule has 0 radical (unpaired) electrons. The summed E-state index contributed by atoms with van der Waals surface area (Å²) in [4.78, 5) is 52.1. The quantitative estimate of drug-likeness (QED) is 0.226. The van der Waals surface area contributed by atoms with Gasteiger partial charge in [0.25, 0.3) is 11.8 Å². The van der Waals surface area contributed by atoms with E-state index in [0.29, 0.717) is 0 Å². The summed E-state index contributed by atoms with van der Waals surface area (Å²) < 4.78 is 52.1. The molecule has 0 saturated heterocycles. The van der Waals surface area contributed by atoms with Gasteiger partial charge in [0.1, 0.15) is 42.6 Å². The number of hydrogen-bond acceptors (Lipinski definition) is 17. The maximum Gasteiger partial charge on any atom is 0.274 e. The minimum atomic E-state index is -1.59. The van der Waals surface area contributed by atoms with Gasteiger partial charge in [0.2, 0.25) is 35.3 Å². The summed E-state index contributed by atoms with van der Waals surface area (Å²) in [5.74, 6) is -1.55. The van der Waals surface area contributed by atoms with Gasteiger partial charge in [0.05, 0.1) is 5.75 Å². The molecule has 7 heterocycles. The number of carbonyl (C=O) groups excluding carboxylic acids is 2. The first-order valence-corrected chi connectivity index (χ1v) is 14.4. The molecule has 0 spiro atoms. The van der Waals surface area contributed by atoms with Crippen molar-refractivity contribution in [2.45, 2.75) is 32.2 Å². The molecule has 12 bridgehead atoms. The number of nitrogens with zero attached hydrogens (tertiary/aromatic N) is 6. The molecule has 242 valence electrons. The first-order chi connectivity index (χ1) is 22.7. The fourth-order valence-electron chi connectivity index (χ4n) is 4.54. The Morgan fingerprint density at radius 3 is 2.06 bits per heavy atom. The number of aliphatic hydroxyl groups is 1. The summed E-state index contributed by atoms with van der Waals surface area (Å²) in [7, 11) is 1.22. The third-order valence-electron chi connectivity index (χ3n) is 6.87. The van der Waals surface area contributed by atoms with Gasteiger partial charge in [-0.3, -0.25) is 9.59 Å². The molecule has 2 amide bonds. The molecular formula is C27H21FN8O10S. The smallest absolute Gasteiger partial charge is 0.274 e. The standard InChI is InChI=1S/C27H21FN8O10S/c1-9-16-24-31-12(5-43-24)20(38)34-18(27(39)40-3)25-33-14(7-44-25)22-32-13(6-42-22)21-30-11(4-41-21)19(37)29-15(8-47-28)23-35-17(10(2)45-23)26(36-16)46-9/h4-7,15,18,27,39H,8H2,1-3H3,(H,29,37)(H,34,38). The first-order valence-electron chi connectivity index (χ1n) is 13.6. The predicted octanol–water partition coefficient (Wildman–Crippen LogP) is 3.74. The number of fused-ring (bicyclic) bond motifs is 16. The van der Waals surface area contributed by atoms with Crippen LogP contribution in [0.3, 0.4) is 0 Å². The van der Waals surface area contributed by atoms with Gasteiger partial charge >= 0.3 is 0 Å². The molecule has 6 aromatic rings. The van der Waals surface area contributed by atoms with E-state index in [4.69, 9.17) is 31.2 Å². The average molecular weight is 669 g/mol. The van der Waals surface area contributed by atoms with Crippen molar-refractivity contribution in [1.29, 1.82) is 0 Å². The second-order valence-electron chi connectivity index (χ2n) is 9.94. The Bertz CT molecular complexity index is 2090. The van der Waals surface area contributed by atoms with E-state index < -0.39 is 30.2 Å². The van der Waals surface area contributed by atoms with Gasteiger partial charge < -0.3 is 47.0 Å². The highest BCUT2D eigenvalue weighted by atomic mass is 32.2. The van der Waals surface area contributed by atoms with Gasteiger partial charge in [-0.25, -0.2) is 29.9 Å². The lowest BCUT2D eigenvalue weighted by Gasteiger charge is -2.19. The predicted molar refractivity (Wildman–Crippen MR) is 151 cm³/mol. The highest BCUT2D eigenvalue weighted by Gasteiger charge is 2.32. The molecule has 1 aliphatic heterocycles. The molecule has 7 rings (SSSR count). The SMILES string of the molecule is COC(O)C1NC(=O)c2coc(n2)-c2nc(oc2C)-c2nc(oc2C)C(CSF)NC(=O)c2coc(n2)-c2coc(n2)-c2coc1n2. The fraction of sp³-hybridized carbons (Fsp3) is 0.259. The van der Waals surface area contributed by atoms with Crippen molar-refractivity contribution in [2.75, 3.05) is 12.9 Å². The van der Waals surface area contributed by atoms with Gasteiger partial charge in [-0.1, -0.05) is 0 Å². The Labute approximate surface area is 265 Å². The van der Waals surface area contributed by atoms with E-state index >= 15 is 0 Å². The Hall–Kier alpha value is -5.60. The van der Waals surface area contributed by atoms with Crippen molar-refractivity contribution in [3.05, 3.63) is 59.7 Å². The van der Waals surface area contributed by atoms with E-state index in [9.17, 15) is 18.6 Å². The van der Waals surface area contributed by atoms with Crippen LogP contribution in [-0.4, -0.2) is 66.0 Å². The first kappa shape index (κ1) is 30.1. The lowest BCUT2D eigenvalue weighted by atomic mass is 10.2. The number of amides is 2. The molecule has 3 unspecified atom stereocenters. The van der Waals surface area contributed by atoms with Gasteiger partial charge in [-0.2, -0.15) is 3.89 Å². The van der Waals surface area contributed by atoms with Gasteiger partial charge in [-0.15, -0.1) is 0 Å². The minimum absolute atomic E-state index is 0.0118. The zero-order valence-corrected chi connectivity index (χ0v) is 25.2. The fourth-order valence-corrected chi connectivity index (χ4v) is 4.89. The van der Waals surface area contributed by atoms with Gasteiger partial charge in [0, 0.05) is 19.3 Å². The van der Waals surface area contributed by atoms with Crippen LogP contribution in [-0.2, 0) is 4.74 Å². The Balaban J connectivity index is 1.31. The summed E-state index contributed by atoms with van der Waals surface area (Å²) in [5, 5.41) is 15.7. The van der Waals surface area contributed by atoms with E-state index in [1.54, 1.807) is 13.8 Å². The lowest BCUT2D eigenvalue weighted by molar-refractivity contribution is -0.101. The highest BCUT2D eigenvalue weighted by Crippen LogP contribution is 2.32. The summed E-state index contributed by atoms with van der Waals surface area (Å²) in [6.07, 6.45) is 2.97. The Morgan fingerprint density at radius 2 is 1.34 bits per heavy atom. The number of aromatic nitrogens is 6. The van der Waals surface area contributed by atoms with E-state index in [1.165, 1.54) is 19.6 Å². The zero-order valence-electron chi connectivity index (χ0n) is 24.3. The van der Waals surface area contributed by atoms with Crippen molar-refractivity contribution < 1.29 is 49.8 Å². The number of oxazole rings is 6. The van der Waals surface area contributed by atoms with Crippen LogP contribution in [0.1, 0.15) is 56.4 Å². The van der Waals surface area contributed by atoms with Crippen LogP contribution in [0.5, 0.6) is 0 Å². The van der Waals surface area contributed by atoms with Crippen LogP contribution in [0.2, 0.25) is 0 Å². The minimum Gasteiger partial charge on any atom is -0.446 e. The zero-order chi connectivity index (χ0) is 32.8. The highest BCUT2D eigenvalue weighted by molar-refractivity contribution is 7.94. The summed E-state index contributed by atoms with van der Waals surface area (Å²) in [5.41, 5.74) is 0.185. The number of ether oxygens (including phenoxy) is 1. The van der Waals surface area contributed by atoms with Crippen molar-refractivity contribution in [3.8, 4) is 46.3 Å². The molecule has 6 aromatic heterocycles. The molecule has 18 nitrogen and oxygen atoms in total. The second kappa shape index (κ2) is 12.0. The van der Waals surface area contributed by atoms with Crippen LogP contribution in [0, 0.1) is 13.8 Å². The largest absolute Gasteiger partial charge is 0.446 e. The van der Waals surface area contributed by atoms with Crippen molar-refractivity contribution in [2.24, 2.45) is 0 Å². The number of halogens is 1. The molecule has 0 aromatic carbocycles. The number of carbonyl (C=O) groups is 2. The Kier molecular flexibility index (Phi) is 7.66. The van der Waals surface area contributed by atoms with Crippen LogP contribution in [0.25, 0.3) is 46.3 Å². The molecule has 0 saturated carbocycles. The van der Waals surface area contributed by atoms with Crippen molar-refractivity contribution in [1.82, 2.24) is 40.5 Å². The van der Waals surface area contributed by atoms with Crippen LogP contribution >= 0.6 is 12.1 Å². The number of aliphatic hydroxyl groups excluding tert-OH is 1. The summed E-state index contributed by atoms with van der Waals surface area (Å²) in [6.45, 7) is 3.18. The lowest BCUT2D eigenvalue weighted by Crippen LogP contribution is -2.37. The summed E-state index contributed by atoms with van der Waals surface area (Å²) >= 11 is -0.0346. The number of rotatable bonds is 4. The monoisotopic (exact) mass is 668 g/mol. The molecule has 0 fully saturated rings. The topological polar surface area (TPSA) is 244 Å². The maximum absolute atomic E-state index is 13.5. The van der Waals surface area contributed by atoms with E-state index in [0.717, 1.165) is 12.5 Å². The molecular weight excluding hydrogens is 647 g/mol. The van der Waals surface area contributed by atoms with E-state index in [1.807, 2.05) is 0 Å². The number of methoxy groups -OCH3 is 1. The molecule has 20 heteroatoms. The van der Waals surface area contributed by atoms with Crippen molar-refractivity contribution in [3.63, 3.8) is 0 Å². The molecule has 1 aliphatic rings. The third kappa shape index (κ3) is 5.57. The summed E-state index contributed by atoms with van der Waals surface area (Å²) in [6, 6.07) is -2.34. The molecule has 47 heavy (non-hydrogen) atoms. The normalized spacial score (nSPS) is 17.2. The number of hydrogen-bond donors (Lipinski definition) is 3. The maximum atomic E-state index is 13.5. The number of aryl methyl sites for hydroxylation is 2. The van der Waals surface area contributed by atoms with E-state index in [2.05, 4.69) is 40.5 Å². The third-order valence-corrected chi connectivity index (χ3v) is 7.32. The van der Waals surface area contributed by atoms with Gasteiger partial charge in [0.15, 0.2) is 46.5 Å². The second-order valence-corrected chi connectivity index (χ2v) is 10.5. The van der Waals surface area contributed by atoms with Crippen molar-refractivity contribution >= 4 is 24.0 Å². The molecule has 3 atom stereocenters. The van der Waals surface area contributed by atoms with Crippen LogP contribution < -0.4 is 10.6 Å². The van der Waals surface area contributed by atoms with Gasteiger partial charge in [-0.05, 0) is 13.8 Å². The average Bonchev–Trinajstić information content (AvgIpc) is 3.90. The van der Waals surface area contributed by atoms with Crippen LogP contribution in [0.4, 0.5) is 3.89 Å². The Morgan fingerprint density at radius 1 is 0.766 bits per heavy atom. The molecule has 0 aliphatic carbocycles. The molecule has 3 N–H and O–H groups in total.